The van der Waals surface area contributed by atoms with Crippen LogP contribution in [0.25, 0.3) is 0 Å². The van der Waals surface area contributed by atoms with Gasteiger partial charge >= 0.3 is 6.09 Å². The quantitative estimate of drug-likeness (QED) is 0.928. The first kappa shape index (κ1) is 13.0. The van der Waals surface area contributed by atoms with Gasteiger partial charge in [-0.2, -0.15) is 11.3 Å². The minimum absolute atomic E-state index is 0.238. The van der Waals surface area contributed by atoms with E-state index in [9.17, 15) is 4.79 Å². The van der Waals surface area contributed by atoms with Crippen LogP contribution in [-0.4, -0.2) is 19.2 Å². The lowest BCUT2D eigenvalue weighted by molar-refractivity contribution is 0.181. The van der Waals surface area contributed by atoms with Crippen LogP contribution < -0.4 is 10.2 Å². The molecule has 3 rings (SSSR count). The van der Waals surface area contributed by atoms with Gasteiger partial charge < -0.3 is 10.1 Å². The third-order valence-corrected chi connectivity index (χ3v) is 4.05. The second-order valence-electron chi connectivity index (χ2n) is 4.74. The largest absolute Gasteiger partial charge is 0.447 e. The van der Waals surface area contributed by atoms with Crippen molar-refractivity contribution in [3.8, 4) is 0 Å². The molecule has 2 aromatic rings. The van der Waals surface area contributed by atoms with Crippen molar-refractivity contribution < 1.29 is 9.53 Å². The standard InChI is InChI=1S/C15H16N2O2S/c1-11(12-5-8-20-10-12)16-13-3-2-4-14(9-13)17-6-7-19-15(17)18/h2-5,8-11,16H,6-7H2,1H3. The molecular formula is C15H16N2O2S. The number of hydrogen-bond acceptors (Lipinski definition) is 4. The zero-order chi connectivity index (χ0) is 13.9. The summed E-state index contributed by atoms with van der Waals surface area (Å²) in [6.45, 7) is 3.20. The van der Waals surface area contributed by atoms with Gasteiger partial charge in [-0.05, 0) is 47.5 Å². The van der Waals surface area contributed by atoms with Crippen LogP contribution in [0.1, 0.15) is 18.5 Å². The summed E-state index contributed by atoms with van der Waals surface area (Å²) in [5, 5.41) is 7.66. The molecule has 104 valence electrons. The van der Waals surface area contributed by atoms with Crippen LogP contribution in [0.2, 0.25) is 0 Å². The molecule has 1 saturated heterocycles. The van der Waals surface area contributed by atoms with E-state index in [1.807, 2.05) is 24.3 Å². The minimum atomic E-state index is -0.270. The van der Waals surface area contributed by atoms with E-state index < -0.39 is 0 Å². The number of anilines is 2. The maximum atomic E-state index is 11.6. The summed E-state index contributed by atoms with van der Waals surface area (Å²) in [6.07, 6.45) is -0.270. The fraction of sp³-hybridized carbons (Fsp3) is 0.267. The van der Waals surface area contributed by atoms with Gasteiger partial charge in [-0.15, -0.1) is 0 Å². The number of thiophene rings is 1. The van der Waals surface area contributed by atoms with Crippen LogP contribution in [0.15, 0.2) is 41.1 Å². The zero-order valence-corrected chi connectivity index (χ0v) is 12.0. The summed E-state index contributed by atoms with van der Waals surface area (Å²) in [5.74, 6) is 0. The number of carbonyl (C=O) groups excluding carboxylic acids is 1. The first-order chi connectivity index (χ1) is 9.74. The van der Waals surface area contributed by atoms with Crippen LogP contribution in [0.3, 0.4) is 0 Å². The fourth-order valence-corrected chi connectivity index (χ4v) is 3.00. The Morgan fingerprint density at radius 2 is 2.30 bits per heavy atom. The van der Waals surface area contributed by atoms with Crippen LogP contribution in [0, 0.1) is 0 Å². The number of amides is 1. The van der Waals surface area contributed by atoms with E-state index >= 15 is 0 Å². The van der Waals surface area contributed by atoms with Crippen molar-refractivity contribution in [3.05, 3.63) is 46.7 Å². The highest BCUT2D eigenvalue weighted by Gasteiger charge is 2.23. The number of rotatable bonds is 4. The molecular weight excluding hydrogens is 272 g/mol. The number of benzene rings is 1. The van der Waals surface area contributed by atoms with Crippen LogP contribution in [0.4, 0.5) is 16.2 Å². The summed E-state index contributed by atoms with van der Waals surface area (Å²) in [7, 11) is 0. The molecule has 0 radical (unpaired) electrons. The number of ether oxygens (including phenoxy) is 1. The molecule has 0 aliphatic carbocycles. The predicted molar refractivity (Wildman–Crippen MR) is 81.5 cm³/mol. The summed E-state index contributed by atoms with van der Waals surface area (Å²) in [4.78, 5) is 13.2. The van der Waals surface area contributed by atoms with Crippen molar-refractivity contribution in [1.29, 1.82) is 0 Å². The maximum Gasteiger partial charge on any atom is 0.414 e. The number of nitrogens with zero attached hydrogens (tertiary/aromatic N) is 1. The maximum absolute atomic E-state index is 11.6. The lowest BCUT2D eigenvalue weighted by Crippen LogP contribution is -2.23. The van der Waals surface area contributed by atoms with E-state index in [0.717, 1.165) is 11.4 Å². The van der Waals surface area contributed by atoms with E-state index in [4.69, 9.17) is 4.74 Å². The Labute approximate surface area is 122 Å². The first-order valence-electron chi connectivity index (χ1n) is 6.57. The van der Waals surface area contributed by atoms with Gasteiger partial charge in [-0.25, -0.2) is 4.79 Å². The Hall–Kier alpha value is -2.01. The Morgan fingerprint density at radius 3 is 3.00 bits per heavy atom. The Bertz CT molecular complexity index is 598. The molecule has 4 nitrogen and oxygen atoms in total. The molecule has 2 heterocycles. The second kappa shape index (κ2) is 5.54. The molecule has 1 N–H and O–H groups in total. The third kappa shape index (κ3) is 2.63. The van der Waals surface area contributed by atoms with E-state index in [1.165, 1.54) is 5.56 Å². The Kier molecular flexibility index (Phi) is 3.60. The molecule has 1 aliphatic heterocycles. The second-order valence-corrected chi connectivity index (χ2v) is 5.52. The van der Waals surface area contributed by atoms with E-state index in [1.54, 1.807) is 16.2 Å². The number of carbonyl (C=O) groups is 1. The third-order valence-electron chi connectivity index (χ3n) is 3.35. The number of hydrogen-bond donors (Lipinski definition) is 1. The summed E-state index contributed by atoms with van der Waals surface area (Å²) >= 11 is 1.69. The van der Waals surface area contributed by atoms with Crippen LogP contribution in [0.5, 0.6) is 0 Å². The summed E-state index contributed by atoms with van der Waals surface area (Å²) < 4.78 is 4.97. The van der Waals surface area contributed by atoms with Crippen molar-refractivity contribution in [2.75, 3.05) is 23.4 Å². The predicted octanol–water partition coefficient (Wildman–Crippen LogP) is 3.88. The normalized spacial score (nSPS) is 16.1. The molecule has 1 fully saturated rings. The summed E-state index contributed by atoms with van der Waals surface area (Å²) in [5.41, 5.74) is 3.14. The molecule has 1 aromatic heterocycles. The molecule has 0 spiro atoms. The molecule has 1 aromatic carbocycles. The van der Waals surface area contributed by atoms with Gasteiger partial charge in [-0.3, -0.25) is 4.90 Å². The first-order valence-corrected chi connectivity index (χ1v) is 7.51. The van der Waals surface area contributed by atoms with Crippen molar-refractivity contribution in [2.24, 2.45) is 0 Å². The molecule has 1 aliphatic rings. The average Bonchev–Trinajstić information content (AvgIpc) is 3.10. The number of nitrogens with one attached hydrogen (secondary N) is 1. The molecule has 5 heteroatoms. The fourth-order valence-electron chi connectivity index (χ4n) is 2.25. The van der Waals surface area contributed by atoms with Gasteiger partial charge in [0.1, 0.15) is 6.61 Å². The van der Waals surface area contributed by atoms with E-state index in [-0.39, 0.29) is 12.1 Å². The highest BCUT2D eigenvalue weighted by atomic mass is 32.1. The van der Waals surface area contributed by atoms with Gasteiger partial charge in [0.15, 0.2) is 0 Å². The Morgan fingerprint density at radius 1 is 1.40 bits per heavy atom. The molecule has 20 heavy (non-hydrogen) atoms. The zero-order valence-electron chi connectivity index (χ0n) is 11.2. The van der Waals surface area contributed by atoms with Crippen molar-refractivity contribution in [2.45, 2.75) is 13.0 Å². The monoisotopic (exact) mass is 288 g/mol. The molecule has 0 bridgehead atoms. The van der Waals surface area contributed by atoms with Crippen molar-refractivity contribution in [3.63, 3.8) is 0 Å². The molecule has 1 amide bonds. The highest BCUT2D eigenvalue weighted by Crippen LogP contribution is 2.26. The topological polar surface area (TPSA) is 41.6 Å². The van der Waals surface area contributed by atoms with E-state index in [0.29, 0.717) is 13.2 Å². The number of cyclic esters (lactones) is 1. The van der Waals surface area contributed by atoms with Crippen LogP contribution >= 0.6 is 11.3 Å². The van der Waals surface area contributed by atoms with Gasteiger partial charge in [0.2, 0.25) is 0 Å². The van der Waals surface area contributed by atoms with Crippen molar-refractivity contribution in [1.82, 2.24) is 0 Å². The van der Waals surface area contributed by atoms with Gasteiger partial charge in [0, 0.05) is 17.4 Å². The average molecular weight is 288 g/mol. The lowest BCUT2D eigenvalue weighted by atomic mass is 10.1. The SMILES string of the molecule is CC(Nc1cccc(N2CCOC2=O)c1)c1ccsc1. The van der Waals surface area contributed by atoms with Crippen molar-refractivity contribution >= 4 is 28.8 Å². The highest BCUT2D eigenvalue weighted by molar-refractivity contribution is 7.07. The Balaban J connectivity index is 1.76. The molecule has 1 atom stereocenters. The van der Waals surface area contributed by atoms with E-state index in [2.05, 4.69) is 29.1 Å². The van der Waals surface area contributed by atoms with Gasteiger partial charge in [0.05, 0.1) is 6.54 Å². The summed E-state index contributed by atoms with van der Waals surface area (Å²) in [6, 6.07) is 10.2. The molecule has 1 unspecified atom stereocenters. The minimum Gasteiger partial charge on any atom is -0.447 e. The van der Waals surface area contributed by atoms with Gasteiger partial charge in [-0.1, -0.05) is 6.07 Å². The molecule has 0 saturated carbocycles. The lowest BCUT2D eigenvalue weighted by Gasteiger charge is -2.17. The van der Waals surface area contributed by atoms with Crippen LogP contribution in [-0.2, 0) is 4.74 Å². The smallest absolute Gasteiger partial charge is 0.414 e. The van der Waals surface area contributed by atoms with Gasteiger partial charge in [0.25, 0.3) is 0 Å².